The summed E-state index contributed by atoms with van der Waals surface area (Å²) in [6, 6.07) is 14.7. The highest BCUT2D eigenvalue weighted by atomic mass is 35.5. The fraction of sp³-hybridized carbons (Fsp3) is 0.371. The lowest BCUT2D eigenvalue weighted by Crippen LogP contribution is -2.29. The molecule has 244 valence electrons. The third kappa shape index (κ3) is 8.22. The highest BCUT2D eigenvalue weighted by Gasteiger charge is 2.41. The standard InChI is InChI=1S/C35H35ClF3NO6/c1-2-3-4-8-21-43-25-13-9-23(10-14-25)34(42)45-29-18-17-27-30(41)32(44-26-15-11-24(36)12-16-26)33(35(37,38)39)46-31(27)28(29)22-40-19-6-5-7-20-40/h9-18H,2-8,19-22H2,1H3. The zero-order valence-corrected chi connectivity index (χ0v) is 26.2. The molecule has 1 aromatic heterocycles. The molecule has 0 saturated carbocycles. The number of hydrogen-bond donors (Lipinski definition) is 0. The molecule has 1 aliphatic rings. The Labute approximate surface area is 269 Å². The number of benzene rings is 3. The fourth-order valence-corrected chi connectivity index (χ4v) is 5.46. The summed E-state index contributed by atoms with van der Waals surface area (Å²) in [5.41, 5.74) is -0.929. The van der Waals surface area contributed by atoms with Gasteiger partial charge in [-0.2, -0.15) is 13.2 Å². The highest BCUT2D eigenvalue weighted by Crippen LogP contribution is 2.40. The summed E-state index contributed by atoms with van der Waals surface area (Å²) in [5.74, 6) is -2.70. The van der Waals surface area contributed by atoms with Crippen LogP contribution in [-0.2, 0) is 12.7 Å². The Morgan fingerprint density at radius 2 is 1.61 bits per heavy atom. The molecule has 11 heteroatoms. The molecule has 5 rings (SSSR count). The lowest BCUT2D eigenvalue weighted by atomic mass is 10.1. The van der Waals surface area contributed by atoms with Crippen LogP contribution in [0.4, 0.5) is 13.2 Å². The molecule has 0 atom stereocenters. The summed E-state index contributed by atoms with van der Waals surface area (Å²) >= 11 is 5.89. The van der Waals surface area contributed by atoms with E-state index in [-0.39, 0.29) is 40.1 Å². The van der Waals surface area contributed by atoms with Gasteiger partial charge in [-0.05, 0) is 93.0 Å². The van der Waals surface area contributed by atoms with E-state index in [1.54, 1.807) is 24.3 Å². The van der Waals surface area contributed by atoms with Crippen LogP contribution in [0.3, 0.4) is 0 Å². The van der Waals surface area contributed by atoms with E-state index in [1.165, 1.54) is 36.4 Å². The lowest BCUT2D eigenvalue weighted by molar-refractivity contribution is -0.154. The predicted octanol–water partition coefficient (Wildman–Crippen LogP) is 9.42. The van der Waals surface area contributed by atoms with Crippen molar-refractivity contribution in [1.82, 2.24) is 4.90 Å². The number of unbranched alkanes of at least 4 members (excludes halogenated alkanes) is 3. The van der Waals surface area contributed by atoms with Gasteiger partial charge in [0.15, 0.2) is 0 Å². The summed E-state index contributed by atoms with van der Waals surface area (Å²) < 4.78 is 65.6. The molecule has 2 heterocycles. The first kappa shape index (κ1) is 33.3. The van der Waals surface area contributed by atoms with Crippen LogP contribution in [0.25, 0.3) is 11.0 Å². The monoisotopic (exact) mass is 657 g/mol. The maximum absolute atomic E-state index is 14.4. The number of fused-ring (bicyclic) bond motifs is 1. The smallest absolute Gasteiger partial charge is 0.453 e. The molecule has 0 bridgehead atoms. The van der Waals surface area contributed by atoms with Gasteiger partial charge in [-0.15, -0.1) is 0 Å². The van der Waals surface area contributed by atoms with Crippen LogP contribution < -0.4 is 19.6 Å². The van der Waals surface area contributed by atoms with Crippen LogP contribution in [0, 0.1) is 0 Å². The van der Waals surface area contributed by atoms with Crippen LogP contribution in [0.2, 0.25) is 5.02 Å². The molecule has 7 nitrogen and oxygen atoms in total. The highest BCUT2D eigenvalue weighted by molar-refractivity contribution is 6.30. The van der Waals surface area contributed by atoms with Crippen LogP contribution in [0.15, 0.2) is 69.9 Å². The van der Waals surface area contributed by atoms with E-state index in [4.69, 9.17) is 30.2 Å². The number of piperidine rings is 1. The van der Waals surface area contributed by atoms with E-state index in [0.29, 0.717) is 30.5 Å². The van der Waals surface area contributed by atoms with Gasteiger partial charge in [0, 0.05) is 11.6 Å². The van der Waals surface area contributed by atoms with Gasteiger partial charge in [0.1, 0.15) is 22.8 Å². The maximum Gasteiger partial charge on any atom is 0.453 e. The number of carbonyl (C=O) groups is 1. The van der Waals surface area contributed by atoms with E-state index in [0.717, 1.165) is 44.9 Å². The number of alkyl halides is 3. The first-order valence-corrected chi connectivity index (χ1v) is 15.8. The first-order valence-electron chi connectivity index (χ1n) is 15.4. The van der Waals surface area contributed by atoms with Gasteiger partial charge in [0.25, 0.3) is 5.76 Å². The van der Waals surface area contributed by atoms with E-state index >= 15 is 0 Å². The maximum atomic E-state index is 14.4. The number of rotatable bonds is 12. The van der Waals surface area contributed by atoms with Crippen molar-refractivity contribution in [2.75, 3.05) is 19.7 Å². The Morgan fingerprint density at radius 1 is 0.913 bits per heavy atom. The van der Waals surface area contributed by atoms with Crippen LogP contribution >= 0.6 is 11.6 Å². The molecule has 0 unspecified atom stereocenters. The van der Waals surface area contributed by atoms with E-state index in [9.17, 15) is 22.8 Å². The second kappa shape index (κ2) is 15.0. The molecule has 46 heavy (non-hydrogen) atoms. The minimum Gasteiger partial charge on any atom is -0.494 e. The van der Waals surface area contributed by atoms with Gasteiger partial charge in [0.05, 0.1) is 23.1 Å². The van der Waals surface area contributed by atoms with Crippen molar-refractivity contribution in [1.29, 1.82) is 0 Å². The zero-order chi connectivity index (χ0) is 32.7. The number of hydrogen-bond acceptors (Lipinski definition) is 7. The van der Waals surface area contributed by atoms with Gasteiger partial charge in [0.2, 0.25) is 11.2 Å². The number of esters is 1. The van der Waals surface area contributed by atoms with Crippen molar-refractivity contribution in [3.8, 4) is 23.0 Å². The van der Waals surface area contributed by atoms with Gasteiger partial charge < -0.3 is 18.6 Å². The minimum atomic E-state index is -5.07. The Balaban J connectivity index is 1.49. The van der Waals surface area contributed by atoms with Gasteiger partial charge in [-0.1, -0.05) is 44.2 Å². The summed E-state index contributed by atoms with van der Waals surface area (Å²) in [4.78, 5) is 28.9. The summed E-state index contributed by atoms with van der Waals surface area (Å²) in [6.45, 7) is 4.20. The second-order valence-electron chi connectivity index (χ2n) is 11.2. The summed E-state index contributed by atoms with van der Waals surface area (Å²) in [7, 11) is 0. The average molecular weight is 658 g/mol. The van der Waals surface area contributed by atoms with E-state index < -0.39 is 29.1 Å². The van der Waals surface area contributed by atoms with Crippen LogP contribution in [0.1, 0.15) is 73.6 Å². The molecule has 0 aliphatic carbocycles. The summed E-state index contributed by atoms with van der Waals surface area (Å²) in [6.07, 6.45) is 2.06. The molecule has 0 spiro atoms. The second-order valence-corrected chi connectivity index (χ2v) is 11.7. The van der Waals surface area contributed by atoms with Gasteiger partial charge in [-0.3, -0.25) is 9.69 Å². The number of likely N-dealkylation sites (tertiary alicyclic amines) is 1. The topological polar surface area (TPSA) is 78.2 Å². The van der Waals surface area contributed by atoms with Crippen molar-refractivity contribution in [3.63, 3.8) is 0 Å². The zero-order valence-electron chi connectivity index (χ0n) is 25.5. The van der Waals surface area contributed by atoms with E-state index in [2.05, 4.69) is 6.92 Å². The minimum absolute atomic E-state index is 0.00182. The van der Waals surface area contributed by atoms with Crippen molar-refractivity contribution in [2.24, 2.45) is 0 Å². The third-order valence-corrected chi connectivity index (χ3v) is 8.01. The molecule has 4 aromatic rings. The first-order chi connectivity index (χ1) is 22.1. The molecule has 0 N–H and O–H groups in total. The third-order valence-electron chi connectivity index (χ3n) is 7.76. The normalized spacial score (nSPS) is 13.9. The molecular formula is C35H35ClF3NO6. The van der Waals surface area contributed by atoms with Crippen molar-refractivity contribution < 1.29 is 36.6 Å². The molecule has 0 amide bonds. The van der Waals surface area contributed by atoms with E-state index in [1.807, 2.05) is 4.90 Å². The number of nitrogens with zero attached hydrogens (tertiary/aromatic N) is 1. The van der Waals surface area contributed by atoms with Crippen molar-refractivity contribution in [2.45, 2.75) is 64.6 Å². The largest absolute Gasteiger partial charge is 0.494 e. The Bertz CT molecular complexity index is 1700. The van der Waals surface area contributed by atoms with Crippen LogP contribution in [0.5, 0.6) is 23.0 Å². The molecular weight excluding hydrogens is 623 g/mol. The SMILES string of the molecule is CCCCCCOc1ccc(C(=O)Oc2ccc3c(=O)c(Oc4ccc(Cl)cc4)c(C(F)(F)F)oc3c2CN2CCCCC2)cc1. The van der Waals surface area contributed by atoms with Gasteiger partial charge in [-0.25, -0.2) is 4.79 Å². The molecule has 3 aromatic carbocycles. The Morgan fingerprint density at radius 3 is 2.28 bits per heavy atom. The van der Waals surface area contributed by atoms with Gasteiger partial charge >= 0.3 is 12.1 Å². The number of halogens is 4. The summed E-state index contributed by atoms with van der Waals surface area (Å²) in [5, 5.41) is 0.213. The van der Waals surface area contributed by atoms with Crippen molar-refractivity contribution in [3.05, 3.63) is 92.8 Å². The quantitative estimate of drug-likeness (QED) is 0.0853. The molecule has 1 aliphatic heterocycles. The number of ether oxygens (including phenoxy) is 3. The fourth-order valence-electron chi connectivity index (χ4n) is 5.33. The molecule has 0 radical (unpaired) electrons. The Kier molecular flexibility index (Phi) is 10.9. The van der Waals surface area contributed by atoms with Crippen molar-refractivity contribution >= 4 is 28.5 Å². The molecule has 1 fully saturated rings. The Hall–Kier alpha value is -4.02. The predicted molar refractivity (Wildman–Crippen MR) is 169 cm³/mol. The lowest BCUT2D eigenvalue weighted by Gasteiger charge is -2.27. The average Bonchev–Trinajstić information content (AvgIpc) is 3.04. The number of carbonyl (C=O) groups excluding carboxylic acids is 1. The van der Waals surface area contributed by atoms with Crippen LogP contribution in [-0.4, -0.2) is 30.6 Å². The molecule has 1 saturated heterocycles.